The Morgan fingerprint density at radius 3 is 2.62 bits per heavy atom. The van der Waals surface area contributed by atoms with Gasteiger partial charge in [-0.15, -0.1) is 0 Å². The highest BCUT2D eigenvalue weighted by atomic mass is 16.6. The number of anilines is 1. The summed E-state index contributed by atoms with van der Waals surface area (Å²) in [6.07, 6.45) is 12.6. The molecule has 0 saturated heterocycles. The molecular weight excluding hydrogens is 404 g/mol. The molecule has 2 N–H and O–H groups in total. The number of amidine groups is 1. The van der Waals surface area contributed by atoms with E-state index < -0.39 is 6.09 Å². The number of allylic oxidation sites excluding steroid dienone is 3. The van der Waals surface area contributed by atoms with Crippen LogP contribution in [-0.2, 0) is 16.0 Å². The van der Waals surface area contributed by atoms with E-state index in [1.54, 1.807) is 6.92 Å². The third-order valence-corrected chi connectivity index (χ3v) is 5.88. The summed E-state index contributed by atoms with van der Waals surface area (Å²) in [6.45, 7) is 7.28. The average Bonchev–Trinajstić information content (AvgIpc) is 2.75. The molecule has 32 heavy (non-hydrogen) atoms. The number of rotatable bonds is 5. The Kier molecular flexibility index (Phi) is 8.20. The predicted octanol–water partition coefficient (Wildman–Crippen LogP) is 5.40. The van der Waals surface area contributed by atoms with Gasteiger partial charge < -0.3 is 10.1 Å². The number of hydrogen-bond donors (Lipinski definition) is 2. The molecule has 7 heteroatoms. The fourth-order valence-electron chi connectivity index (χ4n) is 4.26. The summed E-state index contributed by atoms with van der Waals surface area (Å²) in [7, 11) is 0. The van der Waals surface area contributed by atoms with Gasteiger partial charge in [-0.2, -0.15) is 0 Å². The monoisotopic (exact) mass is 438 g/mol. The van der Waals surface area contributed by atoms with Gasteiger partial charge in [0.1, 0.15) is 11.9 Å². The maximum Gasteiger partial charge on any atom is 0.411 e. The van der Waals surface area contributed by atoms with E-state index in [1.165, 1.54) is 13.3 Å². The zero-order chi connectivity index (χ0) is 23.1. The molecule has 1 saturated carbocycles. The molecule has 1 aromatic heterocycles. The highest BCUT2D eigenvalue weighted by Gasteiger charge is 2.20. The molecule has 0 bridgehead atoms. The number of ether oxygens (including phenoxy) is 1. The Morgan fingerprint density at radius 2 is 1.97 bits per heavy atom. The molecule has 0 radical (unpaired) electrons. The van der Waals surface area contributed by atoms with Crippen molar-refractivity contribution in [2.75, 3.05) is 5.32 Å². The molecule has 2 aliphatic rings. The normalized spacial score (nSPS) is 19.6. The number of amides is 2. The topological polar surface area (TPSA) is 92.7 Å². The van der Waals surface area contributed by atoms with Crippen LogP contribution in [0.15, 0.2) is 40.7 Å². The van der Waals surface area contributed by atoms with E-state index in [2.05, 4.69) is 32.8 Å². The van der Waals surface area contributed by atoms with Crippen LogP contribution in [0.25, 0.3) is 0 Å². The third-order valence-electron chi connectivity index (χ3n) is 5.88. The number of aromatic nitrogens is 1. The Hall–Kier alpha value is -2.96. The smallest absolute Gasteiger partial charge is 0.411 e. The number of aryl methyl sites for hydroxylation is 1. The first-order chi connectivity index (χ1) is 15.4. The lowest BCUT2D eigenvalue weighted by molar-refractivity contribution is -0.117. The molecule has 1 aromatic rings. The Bertz CT molecular complexity index is 943. The van der Waals surface area contributed by atoms with Crippen LogP contribution in [0.2, 0.25) is 0 Å². The number of carbonyl (C=O) groups excluding carboxylic acids is 2. The standard InChI is InChI=1S/C25H34N4O3/c1-5-22-24(29-25(31)32-21-9-7-6-8-10-21)14-20(15-26-22)19-11-12-23(16(2)13-19)28-17(3)27-18(4)30/h12-15,19,21H,5-11H2,1-4H3,(H,29,31)(H,27,28,30). The number of nitrogens with one attached hydrogen (secondary N) is 2. The second kappa shape index (κ2) is 11.1. The van der Waals surface area contributed by atoms with E-state index in [9.17, 15) is 9.59 Å². The second-order valence-electron chi connectivity index (χ2n) is 8.57. The second-order valence-corrected chi connectivity index (χ2v) is 8.57. The summed E-state index contributed by atoms with van der Waals surface area (Å²) in [6, 6.07) is 2.01. The highest BCUT2D eigenvalue weighted by molar-refractivity contribution is 5.96. The first-order valence-corrected chi connectivity index (χ1v) is 11.5. The number of nitrogens with zero attached hydrogens (tertiary/aromatic N) is 2. The maximum absolute atomic E-state index is 12.5. The van der Waals surface area contributed by atoms with Crippen LogP contribution < -0.4 is 10.6 Å². The van der Waals surface area contributed by atoms with E-state index in [0.717, 1.165) is 61.1 Å². The molecule has 7 nitrogen and oxygen atoms in total. The summed E-state index contributed by atoms with van der Waals surface area (Å²) in [5.41, 5.74) is 4.49. The Balaban J connectivity index is 1.71. The van der Waals surface area contributed by atoms with Crippen molar-refractivity contribution in [3.05, 3.63) is 46.9 Å². The lowest BCUT2D eigenvalue weighted by atomic mass is 9.89. The maximum atomic E-state index is 12.5. The minimum atomic E-state index is -0.397. The molecule has 2 aliphatic carbocycles. The van der Waals surface area contributed by atoms with Crippen molar-refractivity contribution < 1.29 is 14.3 Å². The highest BCUT2D eigenvalue weighted by Crippen LogP contribution is 2.32. The van der Waals surface area contributed by atoms with E-state index in [-0.39, 0.29) is 17.9 Å². The molecule has 1 heterocycles. The largest absolute Gasteiger partial charge is 0.446 e. The molecule has 1 fully saturated rings. The van der Waals surface area contributed by atoms with Crippen LogP contribution in [-0.4, -0.2) is 28.9 Å². The van der Waals surface area contributed by atoms with Crippen LogP contribution in [0.1, 0.15) is 83.4 Å². The minimum absolute atomic E-state index is 0.0129. The van der Waals surface area contributed by atoms with Crippen molar-refractivity contribution in [1.29, 1.82) is 0 Å². The van der Waals surface area contributed by atoms with Gasteiger partial charge in [0.05, 0.1) is 17.1 Å². The first-order valence-electron chi connectivity index (χ1n) is 11.5. The van der Waals surface area contributed by atoms with E-state index in [0.29, 0.717) is 11.5 Å². The summed E-state index contributed by atoms with van der Waals surface area (Å²) in [4.78, 5) is 32.8. The van der Waals surface area contributed by atoms with Crippen LogP contribution in [0.4, 0.5) is 10.5 Å². The average molecular weight is 439 g/mol. The van der Waals surface area contributed by atoms with Gasteiger partial charge in [0.15, 0.2) is 0 Å². The molecular formula is C25H34N4O3. The fourth-order valence-corrected chi connectivity index (χ4v) is 4.26. The summed E-state index contributed by atoms with van der Waals surface area (Å²) in [5, 5.41) is 5.63. The number of pyridine rings is 1. The summed E-state index contributed by atoms with van der Waals surface area (Å²) >= 11 is 0. The van der Waals surface area contributed by atoms with Crippen molar-refractivity contribution >= 4 is 23.5 Å². The van der Waals surface area contributed by atoms with Crippen LogP contribution in [0.5, 0.6) is 0 Å². The molecule has 172 valence electrons. The van der Waals surface area contributed by atoms with Gasteiger partial charge in [-0.1, -0.05) is 25.5 Å². The van der Waals surface area contributed by atoms with Gasteiger partial charge in [-0.05, 0) is 69.6 Å². The third kappa shape index (κ3) is 6.52. The number of aliphatic imine (C=N–C) groups is 1. The van der Waals surface area contributed by atoms with E-state index in [1.807, 2.05) is 26.1 Å². The molecule has 0 spiro atoms. The van der Waals surface area contributed by atoms with E-state index in [4.69, 9.17) is 4.74 Å². The number of carbonyl (C=O) groups is 2. The number of hydrogen-bond acceptors (Lipinski definition) is 5. The van der Waals surface area contributed by atoms with Gasteiger partial charge in [0.2, 0.25) is 5.91 Å². The lowest BCUT2D eigenvalue weighted by Gasteiger charge is -2.23. The summed E-state index contributed by atoms with van der Waals surface area (Å²) in [5.74, 6) is 0.585. The van der Waals surface area contributed by atoms with Crippen molar-refractivity contribution in [1.82, 2.24) is 10.3 Å². The van der Waals surface area contributed by atoms with Crippen molar-refractivity contribution in [2.24, 2.45) is 4.99 Å². The Morgan fingerprint density at radius 1 is 1.22 bits per heavy atom. The molecule has 0 aromatic carbocycles. The van der Waals surface area contributed by atoms with E-state index >= 15 is 0 Å². The SMILES string of the molecule is CCc1ncc(C2C=C(C)C(N=C(C)NC(C)=O)=CC2)cc1NC(=O)OC1CCCCC1. The fraction of sp³-hybridized carbons (Fsp3) is 0.520. The van der Waals surface area contributed by atoms with Gasteiger partial charge in [0, 0.05) is 19.0 Å². The van der Waals surface area contributed by atoms with Crippen molar-refractivity contribution in [2.45, 2.75) is 84.7 Å². The zero-order valence-electron chi connectivity index (χ0n) is 19.5. The predicted molar refractivity (Wildman–Crippen MR) is 127 cm³/mol. The van der Waals surface area contributed by atoms with Gasteiger partial charge in [-0.3, -0.25) is 15.1 Å². The van der Waals surface area contributed by atoms with Crippen molar-refractivity contribution in [3.8, 4) is 0 Å². The first kappa shape index (κ1) is 23.7. The van der Waals surface area contributed by atoms with Gasteiger partial charge >= 0.3 is 6.09 Å². The van der Waals surface area contributed by atoms with Crippen LogP contribution in [0, 0.1) is 0 Å². The van der Waals surface area contributed by atoms with Gasteiger partial charge in [-0.25, -0.2) is 9.79 Å². The molecule has 0 aliphatic heterocycles. The zero-order valence-corrected chi connectivity index (χ0v) is 19.5. The van der Waals surface area contributed by atoms with Crippen LogP contribution in [0.3, 0.4) is 0 Å². The van der Waals surface area contributed by atoms with Crippen LogP contribution >= 0.6 is 0 Å². The molecule has 1 unspecified atom stereocenters. The molecule has 3 rings (SSSR count). The molecule has 1 atom stereocenters. The summed E-state index contributed by atoms with van der Waals surface area (Å²) < 4.78 is 5.63. The quantitative estimate of drug-likeness (QED) is 0.476. The van der Waals surface area contributed by atoms with Gasteiger partial charge in [0.25, 0.3) is 0 Å². The Labute approximate surface area is 190 Å². The molecule has 2 amide bonds. The lowest BCUT2D eigenvalue weighted by Crippen LogP contribution is -2.25. The van der Waals surface area contributed by atoms with Crippen molar-refractivity contribution in [3.63, 3.8) is 0 Å². The minimum Gasteiger partial charge on any atom is -0.446 e.